The minimum atomic E-state index is 0.00884. The van der Waals surface area contributed by atoms with Gasteiger partial charge in [0.15, 0.2) is 0 Å². The molecule has 17 rings (SSSR count). The maximum Gasteiger partial charge on any atom is 0.126 e. The molecule has 1 N–H and O–H groups in total. The summed E-state index contributed by atoms with van der Waals surface area (Å²) in [5.74, 6) is 3.44. The molecule has 0 aliphatic rings. The van der Waals surface area contributed by atoms with Crippen molar-refractivity contribution >= 4 is 56.9 Å². The number of nitrogens with zero attached hydrogens (tertiary/aromatic N) is 5. The summed E-state index contributed by atoms with van der Waals surface area (Å²) >= 11 is 0. The molecule has 17 aromatic rings. The first-order valence-electron chi connectivity index (χ1n) is 40.8. The van der Waals surface area contributed by atoms with Crippen LogP contribution in [-0.2, 0) is 6.61 Å². The molecule has 10 heteroatoms. The molecule has 0 aliphatic heterocycles. The number of para-hydroxylation sites is 1. The molecule has 606 valence electrons. The first-order chi connectivity index (χ1) is 59.9. The molecule has 0 saturated heterocycles. The summed E-state index contributed by atoms with van der Waals surface area (Å²) in [5.41, 5.74) is 29.0. The van der Waals surface area contributed by atoms with Gasteiger partial charge in [-0.3, -0.25) is 0 Å². The molecule has 0 aliphatic carbocycles. The number of benzene rings is 17. The van der Waals surface area contributed by atoms with E-state index in [4.69, 9.17) is 18.9 Å². The van der Waals surface area contributed by atoms with Gasteiger partial charge in [0.2, 0.25) is 0 Å². The Hall–Kier alpha value is -15.1. The van der Waals surface area contributed by atoms with Crippen molar-refractivity contribution < 1.29 is 24.1 Å². The zero-order chi connectivity index (χ0) is 84.8. The summed E-state index contributed by atoms with van der Waals surface area (Å²) in [6.45, 7) is 0.00884. The maximum absolute atomic E-state index is 9.82. The van der Waals surface area contributed by atoms with Crippen LogP contribution < -0.4 is 43.4 Å². The van der Waals surface area contributed by atoms with Gasteiger partial charge in [-0.1, -0.05) is 285 Å². The molecule has 0 saturated carbocycles. The van der Waals surface area contributed by atoms with Gasteiger partial charge in [0.25, 0.3) is 0 Å². The number of aliphatic hydroxyl groups excluding tert-OH is 1. The van der Waals surface area contributed by atoms with Gasteiger partial charge in [-0.25, -0.2) is 0 Å². The molecule has 0 fully saturated rings. The fourth-order valence-corrected chi connectivity index (χ4v) is 14.4. The number of hydrogen-bond acceptors (Lipinski definition) is 10. The molecule has 17 aromatic carbocycles. The molecule has 0 spiro atoms. The molecule has 0 radical (unpaired) electrons. The normalized spacial score (nSPS) is 10.4. The highest BCUT2D eigenvalue weighted by molar-refractivity contribution is 5.84. The van der Waals surface area contributed by atoms with Crippen LogP contribution in [0.25, 0.3) is 77.9 Å². The first kappa shape index (κ1) is 84.8. The van der Waals surface area contributed by atoms with Gasteiger partial charge in [-0.2, -0.15) is 0 Å². The summed E-state index contributed by atoms with van der Waals surface area (Å²) in [6.07, 6.45) is 0. The molecular formula is C112H103N5O5. The highest BCUT2D eigenvalue weighted by atomic mass is 16.5. The fraction of sp³-hybridized carbons (Fsp3) is 0.0893. The van der Waals surface area contributed by atoms with E-state index >= 15 is 0 Å². The van der Waals surface area contributed by atoms with E-state index in [1.807, 2.05) is 147 Å². The third-order valence-corrected chi connectivity index (χ3v) is 21.6. The Labute approximate surface area is 720 Å². The lowest BCUT2D eigenvalue weighted by atomic mass is 9.98. The lowest BCUT2D eigenvalue weighted by Crippen LogP contribution is -2.10. The second-order valence-electron chi connectivity index (χ2n) is 29.0. The van der Waals surface area contributed by atoms with E-state index in [2.05, 4.69) is 356 Å². The van der Waals surface area contributed by atoms with Crippen molar-refractivity contribution in [2.75, 3.05) is 88.2 Å². The summed E-state index contributed by atoms with van der Waals surface area (Å²) < 4.78 is 21.1. The summed E-state index contributed by atoms with van der Waals surface area (Å²) in [5, 5.41) is 9.82. The van der Waals surface area contributed by atoms with Crippen molar-refractivity contribution in [3.05, 3.63) is 448 Å². The van der Waals surface area contributed by atoms with Gasteiger partial charge in [0, 0.05) is 103 Å². The maximum atomic E-state index is 9.82. The molecular weight excluding hydrogens is 1500 g/mol. The van der Waals surface area contributed by atoms with Crippen LogP contribution in [0.5, 0.6) is 23.0 Å². The topological polar surface area (TPSA) is 73.4 Å². The average molecular weight is 1600 g/mol. The van der Waals surface area contributed by atoms with Crippen LogP contribution in [0, 0.1) is 0 Å². The van der Waals surface area contributed by atoms with Crippen molar-refractivity contribution in [3.63, 3.8) is 0 Å². The van der Waals surface area contributed by atoms with Crippen LogP contribution in [0.1, 0.15) is 5.56 Å². The second kappa shape index (κ2) is 42.9. The minimum absolute atomic E-state index is 0.00884. The van der Waals surface area contributed by atoms with Gasteiger partial charge in [0.05, 0.1) is 35.0 Å². The van der Waals surface area contributed by atoms with E-state index in [-0.39, 0.29) is 6.61 Å². The second-order valence-corrected chi connectivity index (χ2v) is 29.0. The van der Waals surface area contributed by atoms with Crippen LogP contribution in [-0.4, -0.2) is 68.8 Å². The standard InChI is InChI=1S/C27H25NO2.2C25H21N.C20H19NO.C15H17NO2/c1-28(23-14-13-22(19-29)25(17-23)20-9-5-3-6-10-20)24-15-16-27(30-2)26(18-24)21-11-7-4-8-12-21;1-26(23-18-16-21(17-19-23)20-10-4-2-5-11-20)25-15-9-8-14-24(25)22-12-6-3-7-13-22;1-26(24-16-12-22(13-17-24)20-8-4-2-5-9-20)25-18-14-23(15-19-25)21-10-6-3-7-11-21;1-21(19-12-14-20(22-2)15-13-19)18-10-8-17(9-11-18)16-6-4-3-5-7-16;1-16(12-4-8-14(17-2)9-5-12)13-6-10-15(18-3)11-7-13/h3-18,29H,19H2,1-2H3;2*2-19H,1H3;3-15H,1-2H3;4-11H,1-3H3. The van der Waals surface area contributed by atoms with Crippen LogP contribution in [0.3, 0.4) is 0 Å². The smallest absolute Gasteiger partial charge is 0.126 e. The van der Waals surface area contributed by atoms with E-state index in [9.17, 15) is 5.11 Å². The Kier molecular flexibility index (Phi) is 29.8. The first-order valence-corrected chi connectivity index (χ1v) is 40.8. The van der Waals surface area contributed by atoms with Crippen molar-refractivity contribution in [1.29, 1.82) is 0 Å². The molecule has 10 nitrogen and oxygen atoms in total. The minimum Gasteiger partial charge on any atom is -0.497 e. The van der Waals surface area contributed by atoms with Crippen LogP contribution >= 0.6 is 0 Å². The van der Waals surface area contributed by atoms with Crippen molar-refractivity contribution in [2.45, 2.75) is 6.61 Å². The summed E-state index contributed by atoms with van der Waals surface area (Å²) in [6, 6.07) is 153. The zero-order valence-electron chi connectivity index (χ0n) is 70.7. The fourth-order valence-electron chi connectivity index (χ4n) is 14.4. The Morgan fingerprint density at radius 2 is 0.410 bits per heavy atom. The van der Waals surface area contributed by atoms with Crippen molar-refractivity contribution in [3.8, 4) is 101 Å². The number of ether oxygens (including phenoxy) is 4. The van der Waals surface area contributed by atoms with Crippen molar-refractivity contribution in [1.82, 2.24) is 0 Å². The molecule has 0 unspecified atom stereocenters. The van der Waals surface area contributed by atoms with E-state index < -0.39 is 0 Å². The van der Waals surface area contributed by atoms with Gasteiger partial charge >= 0.3 is 0 Å². The lowest BCUT2D eigenvalue weighted by molar-refractivity contribution is 0.282. The predicted molar refractivity (Wildman–Crippen MR) is 515 cm³/mol. The highest BCUT2D eigenvalue weighted by Crippen LogP contribution is 2.40. The molecule has 0 heterocycles. The quantitative estimate of drug-likeness (QED) is 0.0709. The number of rotatable bonds is 22. The van der Waals surface area contributed by atoms with Gasteiger partial charge in [0.1, 0.15) is 23.0 Å². The van der Waals surface area contributed by atoms with Gasteiger partial charge < -0.3 is 48.6 Å². The third-order valence-electron chi connectivity index (χ3n) is 21.6. The number of aliphatic hydroxyl groups is 1. The predicted octanol–water partition coefficient (Wildman–Crippen LogP) is 28.5. The highest BCUT2D eigenvalue weighted by Gasteiger charge is 2.17. The molecule has 122 heavy (non-hydrogen) atoms. The van der Waals surface area contributed by atoms with E-state index in [1.54, 1.807) is 28.4 Å². The number of hydrogen-bond donors (Lipinski definition) is 1. The van der Waals surface area contributed by atoms with Crippen molar-refractivity contribution in [2.24, 2.45) is 0 Å². The third kappa shape index (κ3) is 22.2. The molecule has 0 atom stereocenters. The Balaban J connectivity index is 0.000000133. The lowest BCUT2D eigenvalue weighted by Gasteiger charge is -2.23. The van der Waals surface area contributed by atoms with Crippen LogP contribution in [0.4, 0.5) is 56.9 Å². The van der Waals surface area contributed by atoms with E-state index in [0.717, 1.165) is 84.9 Å². The molecule has 0 bridgehead atoms. The Morgan fingerprint density at radius 1 is 0.189 bits per heavy atom. The molecule has 0 aromatic heterocycles. The summed E-state index contributed by atoms with van der Waals surface area (Å²) in [7, 11) is 17.1. The van der Waals surface area contributed by atoms with E-state index in [1.165, 1.54) is 78.4 Å². The zero-order valence-corrected chi connectivity index (χ0v) is 70.7. The monoisotopic (exact) mass is 1600 g/mol. The summed E-state index contributed by atoms with van der Waals surface area (Å²) in [4.78, 5) is 10.9. The average Bonchev–Trinajstić information content (AvgIpc) is 0.808. The Bertz CT molecular complexity index is 5760. The SMILES string of the molecule is CN(c1ccc(-c2ccccc2)cc1)c1ccc(-c2ccccc2)cc1.CN(c1ccc(-c2ccccc2)cc1)c1ccccc1-c1ccccc1.COc1ccc(N(C)c2ccc(-c3ccccc3)cc2)cc1.COc1ccc(N(C)c2ccc(CO)c(-c3ccccc3)c2)cc1-c1ccccc1.COc1ccc(N(C)c2ccc(OC)cc2)cc1. The largest absolute Gasteiger partial charge is 0.497 e. The van der Waals surface area contributed by atoms with Gasteiger partial charge in [-0.05, 0) is 230 Å². The molecule has 0 amide bonds. The van der Waals surface area contributed by atoms with Crippen LogP contribution in [0.15, 0.2) is 443 Å². The number of methoxy groups -OCH3 is 4. The van der Waals surface area contributed by atoms with Crippen LogP contribution in [0.2, 0.25) is 0 Å². The number of anilines is 10. The van der Waals surface area contributed by atoms with E-state index in [0.29, 0.717) is 0 Å². The van der Waals surface area contributed by atoms with Gasteiger partial charge in [-0.15, -0.1) is 0 Å². The Morgan fingerprint density at radius 3 is 0.705 bits per heavy atom.